The van der Waals surface area contributed by atoms with Crippen LogP contribution in [-0.2, 0) is 25.9 Å². The van der Waals surface area contributed by atoms with E-state index in [1.807, 2.05) is 0 Å². The highest BCUT2D eigenvalue weighted by molar-refractivity contribution is 6.08. The lowest BCUT2D eigenvalue weighted by atomic mass is 10.1. The number of hydrogen-bond donors (Lipinski definition) is 4. The Kier molecular flexibility index (Phi) is 9.72. The fourth-order valence-electron chi connectivity index (χ4n) is 6.20. The molecule has 4 N–H and O–H groups in total. The molecule has 1 saturated heterocycles. The number of carboxylic acid groups (broad SMARTS) is 1. The molecule has 0 aliphatic carbocycles. The van der Waals surface area contributed by atoms with Crippen molar-refractivity contribution in [2.75, 3.05) is 36.2 Å². The summed E-state index contributed by atoms with van der Waals surface area (Å²) >= 11 is 0. The molecular weight excluding hydrogens is 672 g/mol. The molecule has 270 valence electrons. The number of carbonyl (C=O) groups is 5. The number of fused-ring (bicyclic) bond motifs is 2. The van der Waals surface area contributed by atoms with Gasteiger partial charge < -0.3 is 49.1 Å². The molecule has 6 rings (SSSR count). The Morgan fingerprint density at radius 2 is 1.44 bits per heavy atom. The monoisotopic (exact) mass is 710 g/mol. The molecule has 16 heteroatoms. The van der Waals surface area contributed by atoms with Gasteiger partial charge in [-0.05, 0) is 37.1 Å². The first kappa shape index (κ1) is 35.3. The minimum absolute atomic E-state index is 0.0175. The van der Waals surface area contributed by atoms with Gasteiger partial charge in [-0.1, -0.05) is 12.2 Å². The van der Waals surface area contributed by atoms with Gasteiger partial charge >= 0.3 is 5.97 Å². The van der Waals surface area contributed by atoms with Gasteiger partial charge in [0, 0.05) is 65.0 Å². The molecule has 2 aliphatic rings. The Hall–Kier alpha value is -6.58. The van der Waals surface area contributed by atoms with E-state index in [0.29, 0.717) is 59.2 Å². The van der Waals surface area contributed by atoms with Crippen LogP contribution >= 0.6 is 0 Å². The molecule has 0 spiro atoms. The largest absolute Gasteiger partial charge is 0.493 e. The van der Waals surface area contributed by atoms with Gasteiger partial charge in [0.2, 0.25) is 5.91 Å². The highest BCUT2D eigenvalue weighted by Gasteiger charge is 2.34. The summed E-state index contributed by atoms with van der Waals surface area (Å²) < 4.78 is 15.9. The molecule has 1 aromatic carbocycles. The molecule has 2 aliphatic heterocycles. The second kappa shape index (κ2) is 14.3. The number of amides is 4. The number of hydrogen-bond acceptors (Lipinski definition) is 8. The zero-order valence-corrected chi connectivity index (χ0v) is 29.1. The van der Waals surface area contributed by atoms with Crippen LogP contribution in [0.5, 0.6) is 11.5 Å². The fourth-order valence-corrected chi connectivity index (χ4v) is 6.20. The molecule has 4 amide bonds. The standard InChI is InChI=1S/C36H38N8O8/c1-20-9-24-15-37-26-14-31(30(51-5)13-25(26)35(48)44(24)16-20)52-8-6-7-32(45)38-21-10-27(41(2)17-21)33(46)39-22-11-28(42(3)18-22)34(47)40-23-12-29(36(49)50)43(4)19-23/h10-15,17-19,24H,1,6-9,16H2,2-5H3,(H,38,45)(H,39,46)(H,40,47)(H,49,50)/t24-/m0/s1. The fraction of sp³-hybridized carbons (Fsp3) is 0.278. The molecule has 4 aromatic rings. The van der Waals surface area contributed by atoms with Crippen LogP contribution in [0.4, 0.5) is 22.7 Å². The number of methoxy groups -OCH3 is 1. The molecule has 52 heavy (non-hydrogen) atoms. The van der Waals surface area contributed by atoms with Gasteiger partial charge in [-0.25, -0.2) is 4.79 Å². The van der Waals surface area contributed by atoms with Crippen LogP contribution in [0.3, 0.4) is 0 Å². The maximum Gasteiger partial charge on any atom is 0.352 e. The minimum atomic E-state index is -1.12. The van der Waals surface area contributed by atoms with Crippen LogP contribution in [0, 0.1) is 0 Å². The van der Waals surface area contributed by atoms with Crippen molar-refractivity contribution >= 4 is 58.6 Å². The lowest BCUT2D eigenvalue weighted by Crippen LogP contribution is -2.35. The Bertz CT molecular complexity index is 2160. The van der Waals surface area contributed by atoms with Crippen LogP contribution < -0.4 is 25.4 Å². The van der Waals surface area contributed by atoms with E-state index in [2.05, 4.69) is 27.5 Å². The number of carbonyl (C=O) groups excluding carboxylic acids is 4. The van der Waals surface area contributed by atoms with Crippen molar-refractivity contribution in [1.82, 2.24) is 18.6 Å². The van der Waals surface area contributed by atoms with E-state index >= 15 is 0 Å². The molecular formula is C36H38N8O8. The quantitative estimate of drug-likeness (QED) is 0.124. The summed E-state index contributed by atoms with van der Waals surface area (Å²) in [5, 5.41) is 17.5. The molecule has 0 radical (unpaired) electrons. The first-order chi connectivity index (χ1) is 24.8. The highest BCUT2D eigenvalue weighted by atomic mass is 16.5. The van der Waals surface area contributed by atoms with Gasteiger partial charge in [0.05, 0.1) is 48.1 Å². The van der Waals surface area contributed by atoms with E-state index in [4.69, 9.17) is 9.47 Å². The molecule has 0 bridgehead atoms. The lowest BCUT2D eigenvalue weighted by molar-refractivity contribution is -0.116. The summed E-state index contributed by atoms with van der Waals surface area (Å²) in [5.74, 6) is -1.70. The SMILES string of the molecule is C=C1C[C@H]2C=Nc3cc(OCCCC(=O)Nc4cc(C(=O)Nc5cc(C(=O)Nc6cc(C(=O)O)n(C)c6)n(C)c5)n(C)c4)c(OC)cc3C(=O)N2C1. The maximum atomic E-state index is 13.2. The van der Waals surface area contributed by atoms with Crippen molar-refractivity contribution < 1.29 is 38.6 Å². The molecule has 1 fully saturated rings. The predicted molar refractivity (Wildman–Crippen MR) is 192 cm³/mol. The normalized spacial score (nSPS) is 14.8. The van der Waals surface area contributed by atoms with E-state index in [-0.39, 0.29) is 48.0 Å². The van der Waals surface area contributed by atoms with Crippen molar-refractivity contribution in [1.29, 1.82) is 0 Å². The number of rotatable bonds is 12. The number of nitrogens with zero attached hydrogens (tertiary/aromatic N) is 5. The van der Waals surface area contributed by atoms with E-state index in [0.717, 1.165) is 5.57 Å². The van der Waals surface area contributed by atoms with Crippen molar-refractivity contribution in [3.63, 3.8) is 0 Å². The third-order valence-corrected chi connectivity index (χ3v) is 8.76. The molecule has 5 heterocycles. The number of carboxylic acids is 1. The van der Waals surface area contributed by atoms with E-state index in [1.165, 1.54) is 34.6 Å². The minimum Gasteiger partial charge on any atom is -0.493 e. The zero-order chi connectivity index (χ0) is 37.3. The average molecular weight is 711 g/mol. The first-order valence-corrected chi connectivity index (χ1v) is 16.3. The number of aromatic nitrogens is 3. The second-order valence-corrected chi connectivity index (χ2v) is 12.6. The maximum absolute atomic E-state index is 13.2. The van der Waals surface area contributed by atoms with Crippen LogP contribution in [-0.4, -0.2) is 85.8 Å². The molecule has 3 aromatic heterocycles. The first-order valence-electron chi connectivity index (χ1n) is 16.3. The van der Waals surface area contributed by atoms with Crippen molar-refractivity contribution in [3.8, 4) is 11.5 Å². The topological polar surface area (TPSA) is 191 Å². The van der Waals surface area contributed by atoms with Gasteiger partial charge in [-0.15, -0.1) is 0 Å². The highest BCUT2D eigenvalue weighted by Crippen LogP contribution is 2.38. The van der Waals surface area contributed by atoms with Gasteiger partial charge in [-0.3, -0.25) is 24.2 Å². The van der Waals surface area contributed by atoms with Gasteiger partial charge in [0.1, 0.15) is 17.1 Å². The van der Waals surface area contributed by atoms with Crippen molar-refractivity contribution in [2.45, 2.75) is 25.3 Å². The van der Waals surface area contributed by atoms with Gasteiger partial charge in [-0.2, -0.15) is 0 Å². The Balaban J connectivity index is 1.01. The summed E-state index contributed by atoms with van der Waals surface area (Å²) in [7, 11) is 6.36. The predicted octanol–water partition coefficient (Wildman–Crippen LogP) is 4.20. The van der Waals surface area contributed by atoms with E-state index in [9.17, 15) is 29.1 Å². The Labute approximate surface area is 298 Å². The third kappa shape index (κ3) is 7.31. The molecule has 0 saturated carbocycles. The summed E-state index contributed by atoms with van der Waals surface area (Å²) in [4.78, 5) is 69.6. The van der Waals surface area contributed by atoms with Crippen molar-refractivity contribution in [2.24, 2.45) is 26.1 Å². The summed E-state index contributed by atoms with van der Waals surface area (Å²) in [6.45, 7) is 4.69. The van der Waals surface area contributed by atoms with Crippen LogP contribution in [0.2, 0.25) is 0 Å². The summed E-state index contributed by atoms with van der Waals surface area (Å²) in [5.41, 5.74) is 3.51. The van der Waals surface area contributed by atoms with Crippen LogP contribution in [0.15, 0.2) is 66.1 Å². The number of aryl methyl sites for hydroxylation is 3. The molecule has 1 atom stereocenters. The zero-order valence-electron chi connectivity index (χ0n) is 29.1. The van der Waals surface area contributed by atoms with Crippen LogP contribution in [0.25, 0.3) is 0 Å². The average Bonchev–Trinajstić information content (AvgIpc) is 3.84. The summed E-state index contributed by atoms with van der Waals surface area (Å²) in [6.07, 6.45) is 7.62. The van der Waals surface area contributed by atoms with E-state index in [1.54, 1.807) is 67.4 Å². The summed E-state index contributed by atoms with van der Waals surface area (Å²) in [6, 6.07) is 7.55. The number of nitrogens with one attached hydrogen (secondary N) is 3. The number of aromatic carboxylic acids is 1. The van der Waals surface area contributed by atoms with Gasteiger partial charge in [0.25, 0.3) is 17.7 Å². The molecule has 0 unspecified atom stereocenters. The Morgan fingerprint density at radius 1 is 0.865 bits per heavy atom. The van der Waals surface area contributed by atoms with Crippen LogP contribution in [0.1, 0.15) is 61.1 Å². The number of aliphatic imine (C=N–C) groups is 1. The van der Waals surface area contributed by atoms with Crippen molar-refractivity contribution in [3.05, 3.63) is 83.7 Å². The smallest absolute Gasteiger partial charge is 0.352 e. The second-order valence-electron chi connectivity index (χ2n) is 12.6. The van der Waals surface area contributed by atoms with E-state index < -0.39 is 17.8 Å². The molecule has 16 nitrogen and oxygen atoms in total. The van der Waals surface area contributed by atoms with Gasteiger partial charge in [0.15, 0.2) is 11.5 Å². The third-order valence-electron chi connectivity index (χ3n) is 8.76. The number of ether oxygens (including phenoxy) is 2. The number of benzene rings is 1. The Morgan fingerprint density at radius 3 is 2.02 bits per heavy atom. The number of anilines is 3. The lowest BCUT2D eigenvalue weighted by Gasteiger charge is -2.20.